The van der Waals surface area contributed by atoms with Crippen LogP contribution in [-0.2, 0) is 0 Å². The Morgan fingerprint density at radius 3 is 2.86 bits per heavy atom. The molecule has 0 aliphatic heterocycles. The molecule has 1 heterocycles. The van der Waals surface area contributed by atoms with E-state index in [1.807, 2.05) is 0 Å². The minimum absolute atomic E-state index is 0.423. The Morgan fingerprint density at radius 1 is 1.29 bits per heavy atom. The maximum atomic E-state index is 6.18. The van der Waals surface area contributed by atoms with Crippen LogP contribution < -0.4 is 5.32 Å². The summed E-state index contributed by atoms with van der Waals surface area (Å²) in [5.74, 6) is 2.42. The van der Waals surface area contributed by atoms with Gasteiger partial charge in [0, 0.05) is 11.3 Å². The molecule has 1 saturated carbocycles. The first-order chi connectivity index (χ1) is 10.1. The lowest BCUT2D eigenvalue weighted by molar-refractivity contribution is 0.148. The summed E-state index contributed by atoms with van der Waals surface area (Å²) in [7, 11) is 0. The lowest BCUT2D eigenvalue weighted by Gasteiger charge is -2.40. The van der Waals surface area contributed by atoms with E-state index in [-0.39, 0.29) is 0 Å². The van der Waals surface area contributed by atoms with E-state index in [1.54, 1.807) is 0 Å². The second kappa shape index (κ2) is 5.84. The molecule has 1 aromatic heterocycles. The highest BCUT2D eigenvalue weighted by molar-refractivity contribution is 5.77. The first kappa shape index (κ1) is 14.6. The zero-order chi connectivity index (χ0) is 14.9. The number of para-hydroxylation sites is 1. The van der Waals surface area contributed by atoms with Gasteiger partial charge in [-0.2, -0.15) is 0 Å². The van der Waals surface area contributed by atoms with E-state index in [9.17, 15) is 0 Å². The maximum Gasteiger partial charge on any atom is 0.134 e. The molecular formula is C19H27NO. The number of benzene rings is 1. The number of nitrogens with one attached hydrogen (secondary N) is 1. The van der Waals surface area contributed by atoms with Crippen LogP contribution in [0.2, 0.25) is 0 Å². The molecule has 114 valence electrons. The summed E-state index contributed by atoms with van der Waals surface area (Å²) in [6.45, 7) is 9.13. The molecule has 1 aliphatic rings. The maximum absolute atomic E-state index is 6.18. The fraction of sp³-hybridized carbons (Fsp3) is 0.579. The van der Waals surface area contributed by atoms with Crippen molar-refractivity contribution in [3.63, 3.8) is 0 Å². The number of rotatable bonds is 4. The van der Waals surface area contributed by atoms with E-state index in [0.717, 1.165) is 18.7 Å². The van der Waals surface area contributed by atoms with Gasteiger partial charge in [-0.3, -0.25) is 0 Å². The van der Waals surface area contributed by atoms with Crippen LogP contribution in [0, 0.1) is 11.3 Å². The summed E-state index contributed by atoms with van der Waals surface area (Å²) < 4.78 is 6.18. The number of fused-ring (bicyclic) bond motifs is 1. The standard InChI is InChI=1S/C19H27NO/c1-4-20-13-15-9-10-19(2,3)12-16(15)18-11-14-7-5-6-8-17(14)21-18/h5-8,11,15-16,20H,4,9-10,12-13H2,1-3H3. The van der Waals surface area contributed by atoms with Crippen molar-refractivity contribution < 1.29 is 4.42 Å². The molecular weight excluding hydrogens is 258 g/mol. The fourth-order valence-corrected chi connectivity index (χ4v) is 3.73. The lowest BCUT2D eigenvalue weighted by Crippen LogP contribution is -2.34. The van der Waals surface area contributed by atoms with Crippen LogP contribution in [0.25, 0.3) is 11.0 Å². The van der Waals surface area contributed by atoms with Gasteiger partial charge in [0.05, 0.1) is 0 Å². The van der Waals surface area contributed by atoms with Crippen molar-refractivity contribution in [2.75, 3.05) is 13.1 Å². The molecule has 2 heteroatoms. The smallest absolute Gasteiger partial charge is 0.134 e. The monoisotopic (exact) mass is 285 g/mol. The third-order valence-electron chi connectivity index (χ3n) is 5.00. The van der Waals surface area contributed by atoms with Crippen molar-refractivity contribution in [2.24, 2.45) is 11.3 Å². The zero-order valence-corrected chi connectivity index (χ0v) is 13.5. The molecule has 1 aliphatic carbocycles. The van der Waals surface area contributed by atoms with Crippen molar-refractivity contribution in [1.82, 2.24) is 5.32 Å². The van der Waals surface area contributed by atoms with Crippen LogP contribution in [0.5, 0.6) is 0 Å². The van der Waals surface area contributed by atoms with Gasteiger partial charge in [0.25, 0.3) is 0 Å². The van der Waals surface area contributed by atoms with Gasteiger partial charge in [0.1, 0.15) is 11.3 Å². The molecule has 1 N–H and O–H groups in total. The topological polar surface area (TPSA) is 25.2 Å². The Labute approximate surface area is 127 Å². The van der Waals surface area contributed by atoms with Crippen LogP contribution in [0.4, 0.5) is 0 Å². The largest absolute Gasteiger partial charge is 0.461 e. The molecule has 0 radical (unpaired) electrons. The Bertz CT molecular complexity index is 565. The van der Waals surface area contributed by atoms with Gasteiger partial charge >= 0.3 is 0 Å². The average Bonchev–Trinajstić information content (AvgIpc) is 2.89. The highest BCUT2D eigenvalue weighted by Gasteiger charge is 2.37. The van der Waals surface area contributed by atoms with Crippen molar-refractivity contribution >= 4 is 11.0 Å². The van der Waals surface area contributed by atoms with Gasteiger partial charge < -0.3 is 9.73 Å². The van der Waals surface area contributed by atoms with Gasteiger partial charge in [0.15, 0.2) is 0 Å². The molecule has 0 bridgehead atoms. The molecule has 0 spiro atoms. The van der Waals surface area contributed by atoms with E-state index < -0.39 is 0 Å². The Kier molecular flexibility index (Phi) is 4.08. The summed E-state index contributed by atoms with van der Waals surface area (Å²) in [4.78, 5) is 0. The molecule has 2 nitrogen and oxygen atoms in total. The summed E-state index contributed by atoms with van der Waals surface area (Å²) in [5, 5.41) is 4.77. The van der Waals surface area contributed by atoms with Crippen molar-refractivity contribution in [2.45, 2.75) is 46.0 Å². The highest BCUT2D eigenvalue weighted by atomic mass is 16.3. The summed E-state index contributed by atoms with van der Waals surface area (Å²) in [6, 6.07) is 10.6. The van der Waals surface area contributed by atoms with Gasteiger partial charge in [-0.05, 0) is 55.8 Å². The molecule has 0 amide bonds. The van der Waals surface area contributed by atoms with E-state index in [1.165, 1.54) is 30.4 Å². The van der Waals surface area contributed by atoms with Crippen LogP contribution in [0.1, 0.15) is 51.7 Å². The average molecular weight is 285 g/mol. The fourth-order valence-electron chi connectivity index (χ4n) is 3.73. The first-order valence-corrected chi connectivity index (χ1v) is 8.28. The first-order valence-electron chi connectivity index (χ1n) is 8.28. The zero-order valence-electron chi connectivity index (χ0n) is 13.5. The van der Waals surface area contributed by atoms with Gasteiger partial charge in [-0.1, -0.05) is 39.0 Å². The normalized spacial score (nSPS) is 25.3. The van der Waals surface area contributed by atoms with E-state index in [2.05, 4.69) is 56.4 Å². The van der Waals surface area contributed by atoms with Crippen molar-refractivity contribution in [3.05, 3.63) is 36.1 Å². The summed E-state index contributed by atoms with van der Waals surface area (Å²) >= 11 is 0. The summed E-state index contributed by atoms with van der Waals surface area (Å²) in [5.41, 5.74) is 1.45. The number of hydrogen-bond acceptors (Lipinski definition) is 2. The molecule has 21 heavy (non-hydrogen) atoms. The van der Waals surface area contributed by atoms with Gasteiger partial charge in [0.2, 0.25) is 0 Å². The third-order valence-corrected chi connectivity index (χ3v) is 5.00. The lowest BCUT2D eigenvalue weighted by atomic mass is 9.66. The van der Waals surface area contributed by atoms with Crippen molar-refractivity contribution in [1.29, 1.82) is 0 Å². The molecule has 1 fully saturated rings. The third kappa shape index (κ3) is 3.16. The summed E-state index contributed by atoms with van der Waals surface area (Å²) in [6.07, 6.45) is 3.84. The Morgan fingerprint density at radius 2 is 2.10 bits per heavy atom. The minimum atomic E-state index is 0.423. The van der Waals surface area contributed by atoms with Crippen LogP contribution in [-0.4, -0.2) is 13.1 Å². The number of furan rings is 1. The Balaban J connectivity index is 1.89. The molecule has 1 aromatic carbocycles. The SMILES string of the molecule is CCNCC1CCC(C)(C)CC1c1cc2ccccc2o1. The second-order valence-corrected chi connectivity index (χ2v) is 7.27. The van der Waals surface area contributed by atoms with E-state index in [0.29, 0.717) is 17.3 Å². The highest BCUT2D eigenvalue weighted by Crippen LogP contribution is 2.47. The Hall–Kier alpha value is -1.28. The molecule has 0 saturated heterocycles. The van der Waals surface area contributed by atoms with E-state index in [4.69, 9.17) is 4.42 Å². The molecule has 3 rings (SSSR count). The number of hydrogen-bond donors (Lipinski definition) is 1. The predicted molar refractivity (Wildman–Crippen MR) is 88.6 cm³/mol. The van der Waals surface area contributed by atoms with Crippen LogP contribution in [0.15, 0.2) is 34.7 Å². The second-order valence-electron chi connectivity index (χ2n) is 7.27. The quantitative estimate of drug-likeness (QED) is 0.859. The molecule has 2 aromatic rings. The predicted octanol–water partition coefficient (Wildman–Crippen LogP) is 4.95. The van der Waals surface area contributed by atoms with Crippen LogP contribution >= 0.6 is 0 Å². The van der Waals surface area contributed by atoms with E-state index >= 15 is 0 Å². The minimum Gasteiger partial charge on any atom is -0.461 e. The molecule has 2 atom stereocenters. The van der Waals surface area contributed by atoms with Crippen molar-refractivity contribution in [3.8, 4) is 0 Å². The molecule has 2 unspecified atom stereocenters. The van der Waals surface area contributed by atoms with Gasteiger partial charge in [-0.15, -0.1) is 0 Å². The van der Waals surface area contributed by atoms with Gasteiger partial charge in [-0.25, -0.2) is 0 Å². The van der Waals surface area contributed by atoms with Crippen LogP contribution in [0.3, 0.4) is 0 Å².